The minimum atomic E-state index is 0.295. The standard InChI is InChI=1S/C21H33N7O/c1-26-10-12-28(13-11-26)20-8-9-27(16-19(20)3-2-14-29)15-17-4-6-18(7-5-17)21-22-24-25-23-21/h4-7,19-20,29H,2-3,8-16H2,1H3,(H,22,23,24,25)/t19-,20+/m1/s1. The van der Waals surface area contributed by atoms with E-state index in [1.807, 2.05) is 0 Å². The van der Waals surface area contributed by atoms with Gasteiger partial charge in [0.05, 0.1) is 0 Å². The topological polar surface area (TPSA) is 84.4 Å². The average Bonchev–Trinajstić information content (AvgIpc) is 3.29. The van der Waals surface area contributed by atoms with E-state index in [0.717, 1.165) is 38.0 Å². The molecule has 2 fully saturated rings. The predicted octanol–water partition coefficient (Wildman–Crippen LogP) is 1.08. The average molecular weight is 400 g/mol. The Labute approximate surface area is 172 Å². The number of tetrazole rings is 1. The minimum absolute atomic E-state index is 0.295. The SMILES string of the molecule is CN1CCN([C@H]2CCN(Cc3ccc(-c4nn[nH]n4)cc3)C[C@H]2CCCO)CC1. The molecule has 2 aromatic rings. The Kier molecular flexibility index (Phi) is 6.86. The first-order valence-electron chi connectivity index (χ1n) is 10.8. The highest BCUT2D eigenvalue weighted by molar-refractivity contribution is 5.54. The molecule has 0 unspecified atom stereocenters. The van der Waals surface area contributed by atoms with Crippen LogP contribution in [0.15, 0.2) is 24.3 Å². The smallest absolute Gasteiger partial charge is 0.204 e. The van der Waals surface area contributed by atoms with Gasteiger partial charge < -0.3 is 10.0 Å². The molecule has 1 aromatic carbocycles. The lowest BCUT2D eigenvalue weighted by atomic mass is 9.86. The van der Waals surface area contributed by atoms with E-state index in [-0.39, 0.29) is 0 Å². The Bertz CT molecular complexity index is 728. The fourth-order valence-electron chi connectivity index (χ4n) is 4.81. The van der Waals surface area contributed by atoms with E-state index in [2.05, 4.69) is 66.6 Å². The monoisotopic (exact) mass is 399 g/mol. The van der Waals surface area contributed by atoms with Gasteiger partial charge in [0.15, 0.2) is 0 Å². The number of nitrogens with one attached hydrogen (secondary N) is 1. The van der Waals surface area contributed by atoms with Gasteiger partial charge in [0.25, 0.3) is 0 Å². The molecule has 8 heteroatoms. The van der Waals surface area contributed by atoms with Crippen LogP contribution >= 0.6 is 0 Å². The van der Waals surface area contributed by atoms with Crippen molar-refractivity contribution in [3.8, 4) is 11.4 Å². The second kappa shape index (κ2) is 9.75. The molecule has 29 heavy (non-hydrogen) atoms. The van der Waals surface area contributed by atoms with Gasteiger partial charge in [-0.05, 0) is 49.5 Å². The van der Waals surface area contributed by atoms with Crippen LogP contribution in [0.3, 0.4) is 0 Å². The van der Waals surface area contributed by atoms with E-state index < -0.39 is 0 Å². The minimum Gasteiger partial charge on any atom is -0.396 e. The molecular weight excluding hydrogens is 366 g/mol. The molecule has 2 aliphatic rings. The number of nitrogens with zero attached hydrogens (tertiary/aromatic N) is 6. The molecule has 0 aliphatic carbocycles. The number of likely N-dealkylation sites (tertiary alicyclic amines) is 1. The summed E-state index contributed by atoms with van der Waals surface area (Å²) in [5, 5.41) is 23.6. The number of H-pyrrole nitrogens is 1. The number of piperidine rings is 1. The number of aromatic nitrogens is 4. The van der Waals surface area contributed by atoms with Crippen LogP contribution in [-0.4, -0.2) is 99.4 Å². The van der Waals surface area contributed by atoms with Crippen molar-refractivity contribution in [2.45, 2.75) is 31.8 Å². The quantitative estimate of drug-likeness (QED) is 0.721. The van der Waals surface area contributed by atoms with Gasteiger partial charge in [0.1, 0.15) is 0 Å². The molecule has 4 rings (SSSR count). The number of benzene rings is 1. The van der Waals surface area contributed by atoms with Crippen LogP contribution in [0.4, 0.5) is 0 Å². The van der Waals surface area contributed by atoms with E-state index in [4.69, 9.17) is 0 Å². The number of hydrogen-bond donors (Lipinski definition) is 2. The lowest BCUT2D eigenvalue weighted by Crippen LogP contribution is -2.56. The van der Waals surface area contributed by atoms with E-state index >= 15 is 0 Å². The number of likely N-dealkylation sites (N-methyl/N-ethyl adjacent to an activating group) is 1. The van der Waals surface area contributed by atoms with Crippen molar-refractivity contribution in [2.75, 3.05) is 52.9 Å². The third kappa shape index (κ3) is 5.19. The second-order valence-electron chi connectivity index (χ2n) is 8.49. The van der Waals surface area contributed by atoms with Gasteiger partial charge in [-0.2, -0.15) is 5.21 Å². The summed E-state index contributed by atoms with van der Waals surface area (Å²) in [4.78, 5) is 7.71. The zero-order valence-corrected chi connectivity index (χ0v) is 17.4. The lowest BCUT2D eigenvalue weighted by Gasteiger charge is -2.46. The van der Waals surface area contributed by atoms with Crippen molar-refractivity contribution in [2.24, 2.45) is 5.92 Å². The first-order valence-corrected chi connectivity index (χ1v) is 10.8. The van der Waals surface area contributed by atoms with Crippen molar-refractivity contribution < 1.29 is 5.11 Å². The maximum atomic E-state index is 9.38. The van der Waals surface area contributed by atoms with Crippen molar-refractivity contribution >= 4 is 0 Å². The summed E-state index contributed by atoms with van der Waals surface area (Å²) in [6.07, 6.45) is 3.24. The molecular formula is C21H33N7O. The van der Waals surface area contributed by atoms with Gasteiger partial charge in [-0.25, -0.2) is 0 Å². The van der Waals surface area contributed by atoms with Gasteiger partial charge in [-0.3, -0.25) is 9.80 Å². The zero-order chi connectivity index (χ0) is 20.1. The maximum absolute atomic E-state index is 9.38. The van der Waals surface area contributed by atoms with Crippen LogP contribution in [0.1, 0.15) is 24.8 Å². The number of aliphatic hydroxyl groups excluding tert-OH is 1. The van der Waals surface area contributed by atoms with Crippen molar-refractivity contribution in [3.63, 3.8) is 0 Å². The largest absolute Gasteiger partial charge is 0.396 e. The molecule has 3 heterocycles. The Morgan fingerprint density at radius 2 is 1.90 bits per heavy atom. The highest BCUT2D eigenvalue weighted by Crippen LogP contribution is 2.28. The van der Waals surface area contributed by atoms with Crippen LogP contribution in [-0.2, 0) is 6.54 Å². The van der Waals surface area contributed by atoms with Crippen molar-refractivity contribution in [1.82, 2.24) is 35.3 Å². The van der Waals surface area contributed by atoms with Crippen LogP contribution in [0.5, 0.6) is 0 Å². The number of aliphatic hydroxyl groups is 1. The first kappa shape index (κ1) is 20.4. The Morgan fingerprint density at radius 1 is 1.10 bits per heavy atom. The highest BCUT2D eigenvalue weighted by Gasteiger charge is 2.33. The van der Waals surface area contributed by atoms with Gasteiger partial charge in [0, 0.05) is 57.5 Å². The molecule has 2 N–H and O–H groups in total. The maximum Gasteiger partial charge on any atom is 0.204 e. The molecule has 8 nitrogen and oxygen atoms in total. The van der Waals surface area contributed by atoms with Gasteiger partial charge in [-0.15, -0.1) is 10.2 Å². The van der Waals surface area contributed by atoms with E-state index in [0.29, 0.717) is 24.4 Å². The van der Waals surface area contributed by atoms with Crippen molar-refractivity contribution in [1.29, 1.82) is 0 Å². The van der Waals surface area contributed by atoms with Crippen LogP contribution in [0, 0.1) is 5.92 Å². The summed E-state index contributed by atoms with van der Waals surface area (Å²) >= 11 is 0. The number of piperazine rings is 1. The fraction of sp³-hybridized carbons (Fsp3) is 0.667. The van der Waals surface area contributed by atoms with Crippen molar-refractivity contribution in [3.05, 3.63) is 29.8 Å². The van der Waals surface area contributed by atoms with E-state index in [1.54, 1.807) is 0 Å². The zero-order valence-electron chi connectivity index (χ0n) is 17.4. The molecule has 2 atom stereocenters. The Balaban J connectivity index is 1.36. The lowest BCUT2D eigenvalue weighted by molar-refractivity contribution is 0.0212. The summed E-state index contributed by atoms with van der Waals surface area (Å²) in [6, 6.07) is 9.13. The molecule has 0 spiro atoms. The van der Waals surface area contributed by atoms with Crippen LogP contribution < -0.4 is 0 Å². The number of rotatable bonds is 7. The third-order valence-electron chi connectivity index (χ3n) is 6.48. The molecule has 0 radical (unpaired) electrons. The summed E-state index contributed by atoms with van der Waals surface area (Å²) in [5.74, 6) is 1.27. The predicted molar refractivity (Wildman–Crippen MR) is 112 cm³/mol. The molecule has 0 bridgehead atoms. The van der Waals surface area contributed by atoms with Gasteiger partial charge in [0.2, 0.25) is 5.82 Å². The highest BCUT2D eigenvalue weighted by atomic mass is 16.2. The number of aromatic amines is 1. The normalized spacial score (nSPS) is 24.8. The number of hydrogen-bond acceptors (Lipinski definition) is 7. The molecule has 0 saturated carbocycles. The molecule has 0 amide bonds. The van der Waals surface area contributed by atoms with Gasteiger partial charge in [-0.1, -0.05) is 24.3 Å². The summed E-state index contributed by atoms with van der Waals surface area (Å²) in [6.45, 7) is 8.20. The summed E-state index contributed by atoms with van der Waals surface area (Å²) in [7, 11) is 2.22. The van der Waals surface area contributed by atoms with E-state index in [1.165, 1.54) is 38.2 Å². The molecule has 2 aliphatic heterocycles. The summed E-state index contributed by atoms with van der Waals surface area (Å²) in [5.41, 5.74) is 2.30. The van der Waals surface area contributed by atoms with Gasteiger partial charge >= 0.3 is 0 Å². The fourth-order valence-corrected chi connectivity index (χ4v) is 4.81. The Hall–Kier alpha value is -1.87. The Morgan fingerprint density at radius 3 is 2.59 bits per heavy atom. The second-order valence-corrected chi connectivity index (χ2v) is 8.49. The third-order valence-corrected chi connectivity index (χ3v) is 6.48. The first-order chi connectivity index (χ1) is 14.2. The molecule has 158 valence electrons. The molecule has 2 saturated heterocycles. The van der Waals surface area contributed by atoms with Crippen LogP contribution in [0.25, 0.3) is 11.4 Å². The summed E-state index contributed by atoms with van der Waals surface area (Å²) < 4.78 is 0. The van der Waals surface area contributed by atoms with E-state index in [9.17, 15) is 5.11 Å². The molecule has 1 aromatic heterocycles. The van der Waals surface area contributed by atoms with Crippen LogP contribution in [0.2, 0.25) is 0 Å².